The summed E-state index contributed by atoms with van der Waals surface area (Å²) in [7, 11) is 0. The molecule has 0 saturated heterocycles. The molecule has 0 aliphatic heterocycles. The minimum absolute atomic E-state index is 0.0653. The van der Waals surface area contributed by atoms with E-state index in [1.54, 1.807) is 0 Å². The summed E-state index contributed by atoms with van der Waals surface area (Å²) in [5.74, 6) is 0.0653. The smallest absolute Gasteiger partial charge is 0.242 e. The number of carbonyl (C=O) groups excluding carboxylic acids is 1. The maximum absolute atomic E-state index is 12.2. The molecule has 3 nitrogen and oxygen atoms in total. The average Bonchev–Trinajstić information content (AvgIpc) is 2.47. The van der Waals surface area contributed by atoms with Gasteiger partial charge >= 0.3 is 0 Å². The second-order valence-corrected chi connectivity index (χ2v) is 6.39. The number of anilines is 1. The molecular formula is C19H28N2O. The van der Waals surface area contributed by atoms with Gasteiger partial charge in [-0.25, -0.2) is 0 Å². The number of carbonyl (C=O) groups is 1. The topological polar surface area (TPSA) is 41.1 Å². The number of benzene rings is 1. The summed E-state index contributed by atoms with van der Waals surface area (Å²) in [5, 5.41) is 6.32. The fourth-order valence-corrected chi connectivity index (χ4v) is 3.00. The van der Waals surface area contributed by atoms with Gasteiger partial charge in [0.05, 0.1) is 0 Å². The normalized spacial score (nSPS) is 15.9. The molecule has 0 saturated carbocycles. The Morgan fingerprint density at radius 3 is 2.55 bits per heavy atom. The average molecular weight is 300 g/mol. The summed E-state index contributed by atoms with van der Waals surface area (Å²) in [4.78, 5) is 12.2. The van der Waals surface area contributed by atoms with Crippen LogP contribution in [0, 0.1) is 13.8 Å². The lowest BCUT2D eigenvalue weighted by atomic mass is 9.97. The lowest BCUT2D eigenvalue weighted by Gasteiger charge is -2.17. The van der Waals surface area contributed by atoms with Crippen molar-refractivity contribution in [2.45, 2.75) is 58.9 Å². The van der Waals surface area contributed by atoms with Crippen molar-refractivity contribution >= 4 is 11.6 Å². The lowest BCUT2D eigenvalue weighted by Crippen LogP contribution is -2.38. The number of hydrogen-bond donors (Lipinski definition) is 2. The van der Waals surface area contributed by atoms with E-state index in [1.807, 2.05) is 6.92 Å². The molecule has 3 heteroatoms. The van der Waals surface area contributed by atoms with Crippen molar-refractivity contribution in [1.29, 1.82) is 0 Å². The van der Waals surface area contributed by atoms with Crippen LogP contribution >= 0.6 is 0 Å². The van der Waals surface area contributed by atoms with E-state index >= 15 is 0 Å². The molecular weight excluding hydrogens is 272 g/mol. The molecule has 22 heavy (non-hydrogen) atoms. The van der Waals surface area contributed by atoms with Crippen molar-refractivity contribution in [1.82, 2.24) is 5.32 Å². The lowest BCUT2D eigenvalue weighted by molar-refractivity contribution is -0.121. The summed E-state index contributed by atoms with van der Waals surface area (Å²) in [6.07, 6.45) is 8.34. The highest BCUT2D eigenvalue weighted by atomic mass is 16.2. The van der Waals surface area contributed by atoms with Crippen LogP contribution in [0.15, 0.2) is 29.8 Å². The van der Waals surface area contributed by atoms with E-state index in [-0.39, 0.29) is 11.9 Å². The highest BCUT2D eigenvalue weighted by Gasteiger charge is 2.12. The van der Waals surface area contributed by atoms with Crippen LogP contribution in [0.5, 0.6) is 0 Å². The van der Waals surface area contributed by atoms with Crippen molar-refractivity contribution in [3.63, 3.8) is 0 Å². The molecule has 1 aliphatic rings. The largest absolute Gasteiger partial charge is 0.374 e. The summed E-state index contributed by atoms with van der Waals surface area (Å²) < 4.78 is 0. The van der Waals surface area contributed by atoms with Crippen LogP contribution in [0.3, 0.4) is 0 Å². The first-order valence-corrected chi connectivity index (χ1v) is 8.35. The van der Waals surface area contributed by atoms with E-state index in [9.17, 15) is 4.79 Å². The van der Waals surface area contributed by atoms with E-state index in [0.717, 1.165) is 18.7 Å². The Balaban J connectivity index is 1.77. The van der Waals surface area contributed by atoms with Crippen LogP contribution in [0.4, 0.5) is 5.69 Å². The van der Waals surface area contributed by atoms with Gasteiger partial charge in [0.15, 0.2) is 0 Å². The zero-order valence-electron chi connectivity index (χ0n) is 14.0. The second kappa shape index (κ2) is 8.02. The zero-order valence-corrected chi connectivity index (χ0v) is 14.0. The fourth-order valence-electron chi connectivity index (χ4n) is 3.00. The molecule has 1 atom stereocenters. The number of allylic oxidation sites excluding steroid dienone is 1. The Kier molecular flexibility index (Phi) is 6.05. The van der Waals surface area contributed by atoms with Gasteiger partial charge in [-0.15, -0.1) is 0 Å². The summed E-state index contributed by atoms with van der Waals surface area (Å²) >= 11 is 0. The monoisotopic (exact) mass is 300 g/mol. The van der Waals surface area contributed by atoms with Crippen LogP contribution in [0.25, 0.3) is 0 Å². The first-order chi connectivity index (χ1) is 10.5. The predicted molar refractivity (Wildman–Crippen MR) is 93.2 cm³/mol. The van der Waals surface area contributed by atoms with Crippen LogP contribution in [-0.2, 0) is 4.79 Å². The Morgan fingerprint density at radius 2 is 1.91 bits per heavy atom. The maximum Gasteiger partial charge on any atom is 0.242 e. The Bertz CT molecular complexity index is 528. The van der Waals surface area contributed by atoms with E-state index in [0.29, 0.717) is 0 Å². The summed E-state index contributed by atoms with van der Waals surface area (Å²) in [5.41, 5.74) is 4.93. The molecule has 2 N–H and O–H groups in total. The molecule has 2 rings (SSSR count). The Morgan fingerprint density at radius 1 is 1.18 bits per heavy atom. The van der Waals surface area contributed by atoms with Crippen LogP contribution in [0.2, 0.25) is 0 Å². The van der Waals surface area contributed by atoms with Gasteiger partial charge in [0.1, 0.15) is 6.04 Å². The number of amides is 1. The SMILES string of the molecule is Cc1cc(C)cc(N[C@@H](C)C(=O)NCCC2=CCCCC2)c1. The molecule has 0 fully saturated rings. The van der Waals surface area contributed by atoms with Gasteiger partial charge in [-0.1, -0.05) is 17.7 Å². The molecule has 0 unspecified atom stereocenters. The predicted octanol–water partition coefficient (Wildman–Crippen LogP) is 4.11. The van der Waals surface area contributed by atoms with Crippen LogP contribution < -0.4 is 10.6 Å². The molecule has 0 radical (unpaired) electrons. The molecule has 1 aromatic rings. The minimum Gasteiger partial charge on any atom is -0.374 e. The molecule has 1 aliphatic carbocycles. The van der Waals surface area contributed by atoms with Gasteiger partial charge in [-0.05, 0) is 76.1 Å². The van der Waals surface area contributed by atoms with Gasteiger partial charge in [0.2, 0.25) is 5.91 Å². The zero-order chi connectivity index (χ0) is 15.9. The van der Waals surface area contributed by atoms with E-state index in [4.69, 9.17) is 0 Å². The van der Waals surface area contributed by atoms with Crippen molar-refractivity contribution < 1.29 is 4.79 Å². The van der Waals surface area contributed by atoms with E-state index in [2.05, 4.69) is 48.8 Å². The number of nitrogens with one attached hydrogen (secondary N) is 2. The quantitative estimate of drug-likeness (QED) is 0.776. The standard InChI is InChI=1S/C19H28N2O/c1-14-11-15(2)13-18(12-14)21-16(3)19(22)20-10-9-17-7-5-4-6-8-17/h7,11-13,16,21H,4-6,8-10H2,1-3H3,(H,20,22)/t16-/m0/s1. The van der Waals surface area contributed by atoms with Crippen molar-refractivity contribution in [3.05, 3.63) is 41.0 Å². The molecule has 0 aromatic heterocycles. The van der Waals surface area contributed by atoms with Crippen LogP contribution in [-0.4, -0.2) is 18.5 Å². The molecule has 1 amide bonds. The van der Waals surface area contributed by atoms with Gasteiger partial charge < -0.3 is 10.6 Å². The minimum atomic E-state index is -0.221. The van der Waals surface area contributed by atoms with Gasteiger partial charge in [0, 0.05) is 12.2 Å². The third-order valence-electron chi connectivity index (χ3n) is 4.13. The fraction of sp³-hybridized carbons (Fsp3) is 0.526. The maximum atomic E-state index is 12.2. The first-order valence-electron chi connectivity index (χ1n) is 8.35. The van der Waals surface area contributed by atoms with E-state index < -0.39 is 0 Å². The van der Waals surface area contributed by atoms with Gasteiger partial charge in [-0.3, -0.25) is 4.79 Å². The van der Waals surface area contributed by atoms with Crippen molar-refractivity contribution in [3.8, 4) is 0 Å². The second-order valence-electron chi connectivity index (χ2n) is 6.39. The Hall–Kier alpha value is -1.77. The highest BCUT2D eigenvalue weighted by Crippen LogP contribution is 2.19. The molecule has 1 aromatic carbocycles. The summed E-state index contributed by atoms with van der Waals surface area (Å²) in [6.45, 7) is 6.79. The molecule has 120 valence electrons. The van der Waals surface area contributed by atoms with Crippen LogP contribution in [0.1, 0.15) is 50.2 Å². The van der Waals surface area contributed by atoms with E-state index in [1.165, 1.54) is 42.4 Å². The molecule has 0 bridgehead atoms. The number of hydrogen-bond acceptors (Lipinski definition) is 2. The Labute approximate surface area is 134 Å². The van der Waals surface area contributed by atoms with Crippen molar-refractivity contribution in [2.75, 3.05) is 11.9 Å². The highest BCUT2D eigenvalue weighted by molar-refractivity contribution is 5.84. The van der Waals surface area contributed by atoms with Gasteiger partial charge in [-0.2, -0.15) is 0 Å². The number of aryl methyl sites for hydroxylation is 2. The first kappa shape index (κ1) is 16.6. The summed E-state index contributed by atoms with van der Waals surface area (Å²) in [6, 6.07) is 6.06. The van der Waals surface area contributed by atoms with Gasteiger partial charge in [0.25, 0.3) is 0 Å². The molecule has 0 heterocycles. The third-order valence-corrected chi connectivity index (χ3v) is 4.13. The van der Waals surface area contributed by atoms with Crippen molar-refractivity contribution in [2.24, 2.45) is 0 Å². The molecule has 0 spiro atoms. The third kappa shape index (κ3) is 5.21. The number of rotatable bonds is 6.